The number of rotatable bonds is 15. The minimum atomic E-state index is -0.665. The number of carbonyl (C=O) groups is 1. The first-order valence-corrected chi connectivity index (χ1v) is 10.9. The molecule has 4 nitrogen and oxygen atoms in total. The van der Waals surface area contributed by atoms with E-state index in [2.05, 4.69) is 17.4 Å². The Bertz CT molecular complexity index is 675. The Balaban J connectivity index is 1.48. The molecule has 2 aromatic rings. The molecule has 0 fully saturated rings. The van der Waals surface area contributed by atoms with Crippen molar-refractivity contribution in [2.24, 2.45) is 5.92 Å². The Morgan fingerprint density at radius 1 is 0.828 bits per heavy atom. The summed E-state index contributed by atoms with van der Waals surface area (Å²) in [6.07, 6.45) is 7.27. The van der Waals surface area contributed by atoms with Crippen molar-refractivity contribution in [3.05, 3.63) is 71.8 Å². The second-order valence-corrected chi connectivity index (χ2v) is 7.75. The third-order valence-electron chi connectivity index (χ3n) is 5.40. The first-order valence-electron chi connectivity index (χ1n) is 10.9. The molecule has 0 aliphatic heterocycles. The van der Waals surface area contributed by atoms with Crippen molar-refractivity contribution in [3.63, 3.8) is 0 Å². The van der Waals surface area contributed by atoms with Crippen molar-refractivity contribution in [2.45, 2.75) is 57.5 Å². The van der Waals surface area contributed by atoms with Gasteiger partial charge in [0.2, 0.25) is 0 Å². The topological polar surface area (TPSA) is 69.6 Å². The number of hydrogen-bond acceptors (Lipinski definition) is 3. The summed E-state index contributed by atoms with van der Waals surface area (Å²) in [6.45, 7) is 1.48. The minimum absolute atomic E-state index is 0.239. The normalized spacial score (nSPS) is 13.1. The van der Waals surface area contributed by atoms with E-state index < -0.39 is 12.1 Å². The molecule has 0 spiro atoms. The molecule has 3 N–H and O–H groups in total. The summed E-state index contributed by atoms with van der Waals surface area (Å²) >= 11 is 0. The lowest BCUT2D eigenvalue weighted by atomic mass is 9.94. The van der Waals surface area contributed by atoms with E-state index in [-0.39, 0.29) is 5.92 Å². The van der Waals surface area contributed by atoms with Crippen molar-refractivity contribution in [3.8, 4) is 0 Å². The first kappa shape index (κ1) is 23.1. The molecule has 2 rings (SSSR count). The molecule has 2 unspecified atom stereocenters. The molecule has 29 heavy (non-hydrogen) atoms. The second kappa shape index (κ2) is 13.9. The highest BCUT2D eigenvalue weighted by molar-refractivity contribution is 5.69. The molecule has 0 radical (unpaired) electrons. The maximum Gasteiger partial charge on any atom is 0.306 e. The van der Waals surface area contributed by atoms with Crippen LogP contribution in [-0.4, -0.2) is 29.3 Å². The molecular weight excluding hydrogens is 362 g/mol. The summed E-state index contributed by atoms with van der Waals surface area (Å²) < 4.78 is 0. The number of carboxylic acid groups (broad SMARTS) is 1. The van der Waals surface area contributed by atoms with Gasteiger partial charge in [-0.15, -0.1) is 0 Å². The largest absolute Gasteiger partial charge is 0.481 e. The number of aliphatic hydroxyl groups is 1. The third-order valence-corrected chi connectivity index (χ3v) is 5.40. The van der Waals surface area contributed by atoms with Gasteiger partial charge in [0.05, 0.1) is 12.0 Å². The number of carboxylic acids is 1. The van der Waals surface area contributed by atoms with Crippen LogP contribution in [0.25, 0.3) is 0 Å². The van der Waals surface area contributed by atoms with Gasteiger partial charge in [0, 0.05) is 6.54 Å². The van der Waals surface area contributed by atoms with Crippen LogP contribution in [0.3, 0.4) is 0 Å². The SMILES string of the molecule is O=C(O)C(CCCCCCCNCC(O)c1ccccc1)CCc1ccccc1. The fraction of sp³-hybridized carbons (Fsp3) is 0.480. The maximum atomic E-state index is 11.5. The maximum absolute atomic E-state index is 11.5. The summed E-state index contributed by atoms with van der Waals surface area (Å²) in [5.74, 6) is -0.904. The molecule has 0 aliphatic carbocycles. The Morgan fingerprint density at radius 2 is 1.45 bits per heavy atom. The summed E-state index contributed by atoms with van der Waals surface area (Å²) in [5.41, 5.74) is 2.16. The fourth-order valence-corrected chi connectivity index (χ4v) is 3.58. The molecule has 0 saturated carbocycles. The zero-order valence-electron chi connectivity index (χ0n) is 17.3. The Hall–Kier alpha value is -2.17. The molecule has 0 aromatic heterocycles. The lowest BCUT2D eigenvalue weighted by molar-refractivity contribution is -0.142. The molecule has 0 bridgehead atoms. The van der Waals surface area contributed by atoms with Gasteiger partial charge >= 0.3 is 5.97 Å². The van der Waals surface area contributed by atoms with Crippen molar-refractivity contribution < 1.29 is 15.0 Å². The molecule has 0 saturated heterocycles. The Labute approximate surface area is 175 Å². The van der Waals surface area contributed by atoms with Crippen LogP contribution in [0.15, 0.2) is 60.7 Å². The zero-order chi connectivity index (χ0) is 20.7. The van der Waals surface area contributed by atoms with E-state index in [0.717, 1.165) is 57.1 Å². The average Bonchev–Trinajstić information content (AvgIpc) is 2.75. The molecule has 0 aliphatic rings. The smallest absolute Gasteiger partial charge is 0.306 e. The van der Waals surface area contributed by atoms with Gasteiger partial charge in [-0.1, -0.05) is 86.3 Å². The van der Waals surface area contributed by atoms with Crippen LogP contribution in [0.5, 0.6) is 0 Å². The molecule has 0 amide bonds. The van der Waals surface area contributed by atoms with Crippen molar-refractivity contribution in [1.82, 2.24) is 5.32 Å². The summed E-state index contributed by atoms with van der Waals surface area (Å²) in [4.78, 5) is 11.5. The van der Waals surface area contributed by atoms with Gasteiger partial charge in [-0.05, 0) is 43.4 Å². The standard InChI is InChI=1S/C25H35NO3/c27-24(22-14-9-5-10-15-22)20-26-19-11-3-1-2-8-16-23(25(28)29)18-17-21-12-6-4-7-13-21/h4-7,9-10,12-15,23-24,26-27H,1-3,8,11,16-20H2,(H,28,29). The first-order chi connectivity index (χ1) is 14.2. The highest BCUT2D eigenvalue weighted by atomic mass is 16.4. The number of aliphatic carboxylic acids is 1. The van der Waals surface area contributed by atoms with E-state index in [1.807, 2.05) is 48.5 Å². The van der Waals surface area contributed by atoms with Crippen molar-refractivity contribution >= 4 is 5.97 Å². The van der Waals surface area contributed by atoms with Gasteiger partial charge in [-0.25, -0.2) is 0 Å². The molecule has 4 heteroatoms. The Morgan fingerprint density at radius 3 is 2.14 bits per heavy atom. The molecule has 158 valence electrons. The van der Waals surface area contributed by atoms with Gasteiger partial charge in [-0.3, -0.25) is 4.79 Å². The second-order valence-electron chi connectivity index (χ2n) is 7.75. The van der Waals surface area contributed by atoms with E-state index >= 15 is 0 Å². The van der Waals surface area contributed by atoms with Gasteiger partial charge < -0.3 is 15.5 Å². The van der Waals surface area contributed by atoms with Gasteiger partial charge in [0.15, 0.2) is 0 Å². The summed E-state index contributed by atoms with van der Waals surface area (Å²) in [7, 11) is 0. The van der Waals surface area contributed by atoms with Crippen LogP contribution in [0.2, 0.25) is 0 Å². The van der Waals surface area contributed by atoms with Gasteiger partial charge in [-0.2, -0.15) is 0 Å². The van der Waals surface area contributed by atoms with E-state index in [9.17, 15) is 15.0 Å². The predicted molar refractivity (Wildman–Crippen MR) is 118 cm³/mol. The predicted octanol–water partition coefficient (Wildman–Crippen LogP) is 4.98. The summed E-state index contributed by atoms with van der Waals surface area (Å²) in [6, 6.07) is 19.8. The average molecular weight is 398 g/mol. The van der Waals surface area contributed by atoms with Gasteiger partial charge in [0.25, 0.3) is 0 Å². The van der Waals surface area contributed by atoms with Crippen LogP contribution < -0.4 is 5.32 Å². The number of unbranched alkanes of at least 4 members (excludes halogenated alkanes) is 4. The number of aliphatic hydroxyl groups excluding tert-OH is 1. The van der Waals surface area contributed by atoms with Crippen LogP contribution in [-0.2, 0) is 11.2 Å². The van der Waals surface area contributed by atoms with Gasteiger partial charge in [0.1, 0.15) is 0 Å². The zero-order valence-corrected chi connectivity index (χ0v) is 17.3. The third kappa shape index (κ3) is 9.73. The van der Waals surface area contributed by atoms with E-state index in [1.54, 1.807) is 0 Å². The number of nitrogens with one attached hydrogen (secondary N) is 1. The highest BCUT2D eigenvalue weighted by Crippen LogP contribution is 2.18. The quantitative estimate of drug-likeness (QED) is 0.371. The lowest BCUT2D eigenvalue weighted by Crippen LogP contribution is -2.22. The Kier molecular flexibility index (Phi) is 11.1. The number of aryl methyl sites for hydroxylation is 1. The monoisotopic (exact) mass is 397 g/mol. The fourth-order valence-electron chi connectivity index (χ4n) is 3.58. The van der Waals surface area contributed by atoms with Crippen molar-refractivity contribution in [2.75, 3.05) is 13.1 Å². The van der Waals surface area contributed by atoms with Crippen LogP contribution in [0.1, 0.15) is 62.2 Å². The summed E-state index contributed by atoms with van der Waals surface area (Å²) in [5, 5.41) is 22.9. The van der Waals surface area contributed by atoms with Crippen LogP contribution in [0.4, 0.5) is 0 Å². The van der Waals surface area contributed by atoms with E-state index in [4.69, 9.17) is 0 Å². The molecule has 2 atom stereocenters. The van der Waals surface area contributed by atoms with E-state index in [1.165, 1.54) is 5.56 Å². The van der Waals surface area contributed by atoms with E-state index in [0.29, 0.717) is 13.0 Å². The van der Waals surface area contributed by atoms with Crippen molar-refractivity contribution in [1.29, 1.82) is 0 Å². The highest BCUT2D eigenvalue weighted by Gasteiger charge is 2.16. The molecule has 0 heterocycles. The lowest BCUT2D eigenvalue weighted by Gasteiger charge is -2.13. The number of hydrogen-bond donors (Lipinski definition) is 3. The van der Waals surface area contributed by atoms with Crippen LogP contribution in [0, 0.1) is 5.92 Å². The number of benzene rings is 2. The molecular formula is C25H35NO3. The minimum Gasteiger partial charge on any atom is -0.481 e. The molecule has 2 aromatic carbocycles. The van der Waals surface area contributed by atoms with Crippen LogP contribution >= 0.6 is 0 Å².